The summed E-state index contributed by atoms with van der Waals surface area (Å²) in [5.74, 6) is -0.839. The first kappa shape index (κ1) is 18.8. The second kappa shape index (κ2) is 6.97. The molecule has 0 aromatic carbocycles. The van der Waals surface area contributed by atoms with Crippen molar-refractivity contribution in [3.63, 3.8) is 0 Å². The molecule has 0 spiro atoms. The van der Waals surface area contributed by atoms with Crippen LogP contribution in [0.15, 0.2) is 35.5 Å². The minimum atomic E-state index is -0.701. The topological polar surface area (TPSA) is 93.2 Å². The molecular weight excluding hydrogens is 382 g/mol. The number of carbonyl (C=O) groups excluding carboxylic acids is 1. The fraction of sp³-hybridized carbons (Fsp3) is 0.455. The van der Waals surface area contributed by atoms with Gasteiger partial charge in [0.15, 0.2) is 11.4 Å². The molecule has 156 valence electrons. The summed E-state index contributed by atoms with van der Waals surface area (Å²) in [6, 6.07) is 4.01. The monoisotopic (exact) mass is 407 g/mol. The Morgan fingerprint density at radius 3 is 2.67 bits per heavy atom. The summed E-state index contributed by atoms with van der Waals surface area (Å²) in [6.45, 7) is 3.79. The van der Waals surface area contributed by atoms with Gasteiger partial charge in [-0.25, -0.2) is 4.98 Å². The van der Waals surface area contributed by atoms with Gasteiger partial charge in [0.1, 0.15) is 5.65 Å². The SMILES string of the molecule is Cc1cn(C2(Cn3cc(O)c(=O)c(C(=O)N4CCC4)n3)CCCC2)c2ncccc12. The number of hydrogen-bond acceptors (Lipinski definition) is 5. The predicted octanol–water partition coefficient (Wildman–Crippen LogP) is 2.42. The van der Waals surface area contributed by atoms with Crippen molar-refractivity contribution in [2.75, 3.05) is 13.1 Å². The molecule has 4 heterocycles. The molecule has 5 rings (SSSR count). The molecule has 2 aliphatic rings. The van der Waals surface area contributed by atoms with Crippen LogP contribution in [-0.2, 0) is 12.1 Å². The van der Waals surface area contributed by atoms with E-state index in [0.29, 0.717) is 19.6 Å². The number of aromatic hydroxyl groups is 1. The summed E-state index contributed by atoms with van der Waals surface area (Å²) >= 11 is 0. The molecule has 2 fully saturated rings. The lowest BCUT2D eigenvalue weighted by molar-refractivity contribution is 0.0639. The maximum absolute atomic E-state index is 12.6. The Kier molecular flexibility index (Phi) is 4.38. The summed E-state index contributed by atoms with van der Waals surface area (Å²) in [5.41, 5.74) is 0.918. The van der Waals surface area contributed by atoms with E-state index in [2.05, 4.69) is 33.8 Å². The summed E-state index contributed by atoms with van der Waals surface area (Å²) < 4.78 is 3.80. The van der Waals surface area contributed by atoms with Gasteiger partial charge in [0.25, 0.3) is 11.3 Å². The molecule has 1 N–H and O–H groups in total. The van der Waals surface area contributed by atoms with Crippen LogP contribution in [-0.4, -0.2) is 48.3 Å². The van der Waals surface area contributed by atoms with Gasteiger partial charge in [-0.1, -0.05) is 12.8 Å². The first-order valence-electron chi connectivity index (χ1n) is 10.5. The van der Waals surface area contributed by atoms with Crippen molar-refractivity contribution >= 4 is 16.9 Å². The largest absolute Gasteiger partial charge is 0.503 e. The van der Waals surface area contributed by atoms with E-state index in [1.54, 1.807) is 15.8 Å². The standard InChI is InChI=1S/C22H25N5O3/c1-15-12-27(20-16(15)6-4-9-23-20)22(7-2-3-8-22)14-26-13-17(28)19(29)18(24-26)21(30)25-10-5-11-25/h4,6,9,12-13,28H,2-3,5,7-8,10-11,14H2,1H3. The van der Waals surface area contributed by atoms with Gasteiger partial charge >= 0.3 is 0 Å². The summed E-state index contributed by atoms with van der Waals surface area (Å²) in [6.07, 6.45) is 10.3. The first-order chi connectivity index (χ1) is 14.5. The number of pyridine rings is 1. The van der Waals surface area contributed by atoms with E-state index in [4.69, 9.17) is 0 Å². The quantitative estimate of drug-likeness (QED) is 0.717. The van der Waals surface area contributed by atoms with Crippen LogP contribution in [0.1, 0.15) is 48.2 Å². The average Bonchev–Trinajstić information content (AvgIpc) is 3.29. The highest BCUT2D eigenvalue weighted by atomic mass is 16.3. The van der Waals surface area contributed by atoms with Gasteiger partial charge in [0.05, 0.1) is 18.3 Å². The van der Waals surface area contributed by atoms with Crippen molar-refractivity contribution in [2.24, 2.45) is 0 Å². The van der Waals surface area contributed by atoms with E-state index < -0.39 is 17.1 Å². The van der Waals surface area contributed by atoms with E-state index in [9.17, 15) is 14.7 Å². The Hall–Kier alpha value is -3.16. The molecule has 0 bridgehead atoms. The van der Waals surface area contributed by atoms with Crippen LogP contribution >= 0.6 is 0 Å². The Labute approximate surface area is 173 Å². The lowest BCUT2D eigenvalue weighted by Gasteiger charge is -2.33. The van der Waals surface area contributed by atoms with Gasteiger partial charge in [0.2, 0.25) is 0 Å². The zero-order chi connectivity index (χ0) is 20.9. The molecule has 30 heavy (non-hydrogen) atoms. The third-order valence-electron chi connectivity index (χ3n) is 6.56. The smallest absolute Gasteiger partial charge is 0.278 e. The van der Waals surface area contributed by atoms with Crippen molar-refractivity contribution in [1.82, 2.24) is 24.2 Å². The first-order valence-corrected chi connectivity index (χ1v) is 10.5. The number of aromatic nitrogens is 4. The van der Waals surface area contributed by atoms with Gasteiger partial charge in [-0.3, -0.25) is 14.3 Å². The lowest BCUT2D eigenvalue weighted by atomic mass is 9.97. The second-order valence-corrected chi connectivity index (χ2v) is 8.52. The Morgan fingerprint density at radius 2 is 1.97 bits per heavy atom. The fourth-order valence-corrected chi connectivity index (χ4v) is 4.81. The van der Waals surface area contributed by atoms with Crippen molar-refractivity contribution < 1.29 is 9.90 Å². The molecule has 1 amide bonds. The fourth-order valence-electron chi connectivity index (χ4n) is 4.81. The molecule has 8 nitrogen and oxygen atoms in total. The normalized spacial score (nSPS) is 18.0. The van der Waals surface area contributed by atoms with Crippen LogP contribution in [0.25, 0.3) is 11.0 Å². The molecule has 0 radical (unpaired) electrons. The molecule has 3 aromatic heterocycles. The number of nitrogens with zero attached hydrogens (tertiary/aromatic N) is 5. The predicted molar refractivity (Wildman–Crippen MR) is 112 cm³/mol. The zero-order valence-corrected chi connectivity index (χ0v) is 17.0. The van der Waals surface area contributed by atoms with Crippen molar-refractivity contribution in [3.05, 3.63) is 52.2 Å². The molecule has 3 aromatic rings. The number of amides is 1. The lowest BCUT2D eigenvalue weighted by Crippen LogP contribution is -2.45. The van der Waals surface area contributed by atoms with Crippen LogP contribution in [0.5, 0.6) is 5.75 Å². The minimum Gasteiger partial charge on any atom is -0.503 e. The Bertz CT molecular complexity index is 1190. The molecule has 1 aliphatic heterocycles. The van der Waals surface area contributed by atoms with Crippen LogP contribution < -0.4 is 5.43 Å². The molecule has 1 aliphatic carbocycles. The third kappa shape index (κ3) is 2.89. The second-order valence-electron chi connectivity index (χ2n) is 8.52. The summed E-state index contributed by atoms with van der Waals surface area (Å²) in [4.78, 5) is 31.2. The summed E-state index contributed by atoms with van der Waals surface area (Å²) in [7, 11) is 0. The number of likely N-dealkylation sites (tertiary alicyclic amines) is 1. The number of carbonyl (C=O) groups is 1. The number of rotatable bonds is 4. The third-order valence-corrected chi connectivity index (χ3v) is 6.56. The van der Waals surface area contributed by atoms with Gasteiger partial charge in [0, 0.05) is 30.9 Å². The highest BCUT2D eigenvalue weighted by Crippen LogP contribution is 2.40. The van der Waals surface area contributed by atoms with Gasteiger partial charge in [-0.15, -0.1) is 0 Å². The number of aryl methyl sites for hydroxylation is 1. The van der Waals surface area contributed by atoms with Gasteiger partial charge in [-0.2, -0.15) is 5.10 Å². The highest BCUT2D eigenvalue weighted by molar-refractivity contribution is 5.92. The summed E-state index contributed by atoms with van der Waals surface area (Å²) in [5, 5.41) is 15.7. The molecule has 1 saturated carbocycles. The van der Waals surface area contributed by atoms with Crippen LogP contribution in [0.3, 0.4) is 0 Å². The van der Waals surface area contributed by atoms with Gasteiger partial charge in [-0.05, 0) is 43.9 Å². The van der Waals surface area contributed by atoms with Crippen LogP contribution in [0.4, 0.5) is 0 Å². The highest BCUT2D eigenvalue weighted by Gasteiger charge is 2.38. The number of fused-ring (bicyclic) bond motifs is 1. The van der Waals surface area contributed by atoms with E-state index in [-0.39, 0.29) is 11.2 Å². The zero-order valence-electron chi connectivity index (χ0n) is 17.0. The van der Waals surface area contributed by atoms with Crippen LogP contribution in [0.2, 0.25) is 0 Å². The maximum Gasteiger partial charge on any atom is 0.278 e. The Morgan fingerprint density at radius 1 is 1.20 bits per heavy atom. The Balaban J connectivity index is 1.58. The van der Waals surface area contributed by atoms with Crippen molar-refractivity contribution in [3.8, 4) is 5.75 Å². The van der Waals surface area contributed by atoms with E-state index in [1.165, 1.54) is 6.20 Å². The molecule has 0 atom stereocenters. The van der Waals surface area contributed by atoms with Crippen molar-refractivity contribution in [1.29, 1.82) is 0 Å². The molecule has 8 heteroatoms. The average molecular weight is 407 g/mol. The van der Waals surface area contributed by atoms with E-state index in [0.717, 1.165) is 48.7 Å². The number of hydrogen-bond donors (Lipinski definition) is 1. The van der Waals surface area contributed by atoms with Crippen LogP contribution in [0, 0.1) is 6.92 Å². The molecule has 1 saturated heterocycles. The van der Waals surface area contributed by atoms with E-state index >= 15 is 0 Å². The van der Waals surface area contributed by atoms with E-state index in [1.807, 2.05) is 6.07 Å². The maximum atomic E-state index is 12.6. The van der Waals surface area contributed by atoms with Crippen molar-refractivity contribution in [2.45, 2.75) is 51.1 Å². The minimum absolute atomic E-state index is 0.200. The molecule has 0 unspecified atom stereocenters. The van der Waals surface area contributed by atoms with Gasteiger partial charge < -0.3 is 14.6 Å². The molecular formula is C22H25N5O3.